The van der Waals surface area contributed by atoms with Crippen LogP contribution in [0.4, 0.5) is 0 Å². The van der Waals surface area contributed by atoms with Gasteiger partial charge in [-0.25, -0.2) is 0 Å². The first-order valence-corrected chi connectivity index (χ1v) is 11.8. The number of nitrogens with zero attached hydrogens (tertiary/aromatic N) is 4. The molecule has 0 aliphatic heterocycles. The first-order chi connectivity index (χ1) is 14.7. The van der Waals surface area contributed by atoms with Gasteiger partial charge in [-0.2, -0.15) is 4.68 Å². The van der Waals surface area contributed by atoms with Crippen molar-refractivity contribution in [2.45, 2.75) is 32.0 Å². The van der Waals surface area contributed by atoms with Gasteiger partial charge in [0.05, 0.1) is 23.4 Å². The SMILES string of the molecule is CCOc1cc(CNCCCSc2nnnn2-c2ccccc2)cc(Br)c1OCC.Cl. The molecule has 0 bridgehead atoms. The second kappa shape index (κ2) is 13.6. The predicted molar refractivity (Wildman–Crippen MR) is 130 cm³/mol. The van der Waals surface area contributed by atoms with Gasteiger partial charge in [0.15, 0.2) is 11.5 Å². The fourth-order valence-electron chi connectivity index (χ4n) is 2.86. The average molecular weight is 529 g/mol. The van der Waals surface area contributed by atoms with E-state index in [0.717, 1.165) is 57.6 Å². The van der Waals surface area contributed by atoms with Gasteiger partial charge in [-0.3, -0.25) is 0 Å². The summed E-state index contributed by atoms with van der Waals surface area (Å²) in [6, 6.07) is 14.0. The predicted octanol–water partition coefficient (Wildman–Crippen LogP) is 4.92. The zero-order chi connectivity index (χ0) is 21.2. The highest BCUT2D eigenvalue weighted by molar-refractivity contribution is 9.10. The summed E-state index contributed by atoms with van der Waals surface area (Å²) in [5.41, 5.74) is 2.11. The summed E-state index contributed by atoms with van der Waals surface area (Å²) in [5.74, 6) is 2.46. The number of benzene rings is 2. The maximum atomic E-state index is 5.74. The van der Waals surface area contributed by atoms with Gasteiger partial charge in [-0.1, -0.05) is 30.0 Å². The minimum absolute atomic E-state index is 0. The lowest BCUT2D eigenvalue weighted by molar-refractivity contribution is 0.286. The normalized spacial score (nSPS) is 10.5. The van der Waals surface area contributed by atoms with E-state index in [1.54, 1.807) is 16.4 Å². The Morgan fingerprint density at radius 1 is 1.10 bits per heavy atom. The van der Waals surface area contributed by atoms with Gasteiger partial charge in [0, 0.05) is 12.3 Å². The summed E-state index contributed by atoms with van der Waals surface area (Å²) in [5, 5.41) is 16.3. The highest BCUT2D eigenvalue weighted by Crippen LogP contribution is 2.37. The Bertz CT molecular complexity index is 929. The minimum Gasteiger partial charge on any atom is -0.490 e. The summed E-state index contributed by atoms with van der Waals surface area (Å²) in [6.07, 6.45) is 1.00. The van der Waals surface area contributed by atoms with Crippen molar-refractivity contribution in [3.8, 4) is 17.2 Å². The lowest BCUT2D eigenvalue weighted by Crippen LogP contribution is -2.15. The molecule has 1 aromatic heterocycles. The molecule has 0 spiro atoms. The lowest BCUT2D eigenvalue weighted by atomic mass is 10.2. The van der Waals surface area contributed by atoms with E-state index < -0.39 is 0 Å². The third-order valence-electron chi connectivity index (χ3n) is 4.16. The third-order valence-corrected chi connectivity index (χ3v) is 5.75. The van der Waals surface area contributed by atoms with Gasteiger partial charge in [-0.05, 0) is 83.0 Å². The van der Waals surface area contributed by atoms with E-state index in [2.05, 4.69) is 42.8 Å². The Hall–Kier alpha value is -1.81. The van der Waals surface area contributed by atoms with Crippen molar-refractivity contribution in [3.63, 3.8) is 0 Å². The number of ether oxygens (including phenoxy) is 2. The van der Waals surface area contributed by atoms with Crippen LogP contribution >= 0.6 is 40.1 Å². The quantitative estimate of drug-likeness (QED) is 0.264. The Labute approximate surface area is 201 Å². The van der Waals surface area contributed by atoms with Gasteiger partial charge in [0.1, 0.15) is 0 Å². The molecule has 31 heavy (non-hydrogen) atoms. The van der Waals surface area contributed by atoms with Gasteiger partial charge >= 0.3 is 0 Å². The van der Waals surface area contributed by atoms with Crippen LogP contribution in [0, 0.1) is 0 Å². The Morgan fingerprint density at radius 2 is 1.87 bits per heavy atom. The van der Waals surface area contributed by atoms with E-state index in [0.29, 0.717) is 13.2 Å². The smallest absolute Gasteiger partial charge is 0.214 e. The highest BCUT2D eigenvalue weighted by atomic mass is 79.9. The van der Waals surface area contributed by atoms with E-state index in [-0.39, 0.29) is 12.4 Å². The summed E-state index contributed by atoms with van der Waals surface area (Å²) in [7, 11) is 0. The van der Waals surface area contributed by atoms with Crippen molar-refractivity contribution < 1.29 is 9.47 Å². The molecule has 0 atom stereocenters. The summed E-state index contributed by atoms with van der Waals surface area (Å²) in [6.45, 7) is 6.80. The molecule has 1 N–H and O–H groups in total. The number of rotatable bonds is 12. The molecular weight excluding hydrogens is 502 g/mol. The van der Waals surface area contributed by atoms with E-state index in [1.165, 1.54) is 0 Å². The van der Waals surface area contributed by atoms with Gasteiger partial charge in [0.25, 0.3) is 0 Å². The summed E-state index contributed by atoms with van der Waals surface area (Å²) in [4.78, 5) is 0. The molecule has 0 fully saturated rings. The number of hydrogen-bond donors (Lipinski definition) is 1. The van der Waals surface area contributed by atoms with Crippen molar-refractivity contribution in [1.82, 2.24) is 25.5 Å². The average Bonchev–Trinajstić information content (AvgIpc) is 3.22. The molecule has 10 heteroatoms. The molecule has 2 aromatic carbocycles. The Kier molecular flexibility index (Phi) is 11.1. The number of aromatic nitrogens is 4. The molecule has 3 aromatic rings. The summed E-state index contributed by atoms with van der Waals surface area (Å²) < 4.78 is 14.1. The topological polar surface area (TPSA) is 74.1 Å². The first kappa shape index (κ1) is 25.5. The molecule has 0 aliphatic rings. The highest BCUT2D eigenvalue weighted by Gasteiger charge is 2.12. The largest absolute Gasteiger partial charge is 0.490 e. The third kappa shape index (κ3) is 7.38. The molecule has 0 amide bonds. The number of para-hydroxylation sites is 1. The van der Waals surface area contributed by atoms with Crippen LogP contribution in [0.25, 0.3) is 5.69 Å². The summed E-state index contributed by atoms with van der Waals surface area (Å²) >= 11 is 5.25. The van der Waals surface area contributed by atoms with Gasteiger partial charge < -0.3 is 14.8 Å². The lowest BCUT2D eigenvalue weighted by Gasteiger charge is -2.15. The van der Waals surface area contributed by atoms with Crippen LogP contribution in [0.2, 0.25) is 0 Å². The monoisotopic (exact) mass is 527 g/mol. The zero-order valence-corrected chi connectivity index (χ0v) is 20.8. The van der Waals surface area contributed by atoms with Gasteiger partial charge in [0.2, 0.25) is 5.16 Å². The van der Waals surface area contributed by atoms with Crippen LogP contribution in [0.3, 0.4) is 0 Å². The molecule has 0 saturated carbocycles. The van der Waals surface area contributed by atoms with Crippen LogP contribution in [0.5, 0.6) is 11.5 Å². The number of hydrogen-bond acceptors (Lipinski definition) is 7. The Balaban J connectivity index is 0.00000341. The van der Waals surface area contributed by atoms with Crippen molar-refractivity contribution in [1.29, 1.82) is 0 Å². The van der Waals surface area contributed by atoms with Crippen molar-refractivity contribution >= 4 is 40.1 Å². The standard InChI is InChI=1S/C21H26BrN5O2S.ClH/c1-3-28-19-14-16(13-18(22)20(19)29-4-2)15-23-11-8-12-30-21-24-25-26-27(21)17-9-6-5-7-10-17;/h5-7,9-10,13-14,23H,3-4,8,11-12,15H2,1-2H3;1H. The molecule has 1 heterocycles. The van der Waals surface area contributed by atoms with E-state index >= 15 is 0 Å². The maximum Gasteiger partial charge on any atom is 0.214 e. The number of tetrazole rings is 1. The maximum absolute atomic E-state index is 5.74. The van der Waals surface area contributed by atoms with Gasteiger partial charge in [-0.15, -0.1) is 17.5 Å². The van der Waals surface area contributed by atoms with Crippen molar-refractivity contribution in [3.05, 3.63) is 52.5 Å². The first-order valence-electron chi connectivity index (χ1n) is 9.98. The molecular formula is C21H27BrClN5O2S. The number of halogens is 2. The van der Waals surface area contributed by atoms with Crippen LogP contribution < -0.4 is 14.8 Å². The molecule has 0 aliphatic carbocycles. The number of thioether (sulfide) groups is 1. The van der Waals surface area contributed by atoms with Crippen LogP contribution in [-0.4, -0.2) is 45.7 Å². The molecule has 7 nitrogen and oxygen atoms in total. The second-order valence-electron chi connectivity index (χ2n) is 6.36. The molecule has 0 radical (unpaired) electrons. The van der Waals surface area contributed by atoms with E-state index in [9.17, 15) is 0 Å². The molecule has 0 saturated heterocycles. The van der Waals surface area contributed by atoms with Crippen molar-refractivity contribution in [2.75, 3.05) is 25.5 Å². The molecule has 168 valence electrons. The molecule has 3 rings (SSSR count). The fourth-order valence-corrected chi connectivity index (χ4v) is 4.30. The molecule has 0 unspecified atom stereocenters. The number of nitrogens with one attached hydrogen (secondary N) is 1. The minimum atomic E-state index is 0. The van der Waals surface area contributed by atoms with E-state index in [1.807, 2.05) is 50.2 Å². The second-order valence-corrected chi connectivity index (χ2v) is 8.27. The van der Waals surface area contributed by atoms with E-state index in [4.69, 9.17) is 9.47 Å². The zero-order valence-electron chi connectivity index (χ0n) is 17.6. The van der Waals surface area contributed by atoms with Crippen LogP contribution in [-0.2, 0) is 6.54 Å². The fraction of sp³-hybridized carbons (Fsp3) is 0.381. The Morgan fingerprint density at radius 3 is 2.61 bits per heavy atom. The van der Waals surface area contributed by atoms with Crippen LogP contribution in [0.1, 0.15) is 25.8 Å². The van der Waals surface area contributed by atoms with Crippen molar-refractivity contribution in [2.24, 2.45) is 0 Å². The van der Waals surface area contributed by atoms with Crippen LogP contribution in [0.15, 0.2) is 52.1 Å².